The van der Waals surface area contributed by atoms with Crippen LogP contribution in [0.5, 0.6) is 0 Å². The minimum absolute atomic E-state index is 0.184. The maximum absolute atomic E-state index is 12.5. The largest absolute Gasteiger partial charge is 0.137 e. The molecule has 70 heavy (non-hydrogen) atoms. The molecule has 0 aliphatic carbocycles. The van der Waals surface area contributed by atoms with E-state index in [0.29, 0.717) is 41.3 Å². The first-order valence-electron chi connectivity index (χ1n) is 26.3. The second kappa shape index (κ2) is 22.3. The summed E-state index contributed by atoms with van der Waals surface area (Å²) in [6.07, 6.45) is 0. The van der Waals surface area contributed by atoms with E-state index in [2.05, 4.69) is 243 Å². The van der Waals surface area contributed by atoms with Crippen LogP contribution in [0.15, 0.2) is 132 Å². The van der Waals surface area contributed by atoms with Crippen LogP contribution >= 0.6 is 11.9 Å². The summed E-state index contributed by atoms with van der Waals surface area (Å²) < 4.78 is 3.53. The van der Waals surface area contributed by atoms with E-state index >= 15 is 0 Å². The zero-order valence-corrected chi connectivity index (χ0v) is 46.0. The lowest BCUT2D eigenvalue weighted by molar-refractivity contribution is 0.832. The molecule has 0 N–H and O–H groups in total. The van der Waals surface area contributed by atoms with Crippen LogP contribution in [-0.4, -0.2) is 0 Å². The monoisotopic (exact) mass is 946 g/mol. The number of hydrogen-bond donors (Lipinski definition) is 0. The van der Waals surface area contributed by atoms with Crippen molar-refractivity contribution < 1.29 is 0 Å². The highest BCUT2D eigenvalue weighted by Gasteiger charge is 2.29. The summed E-state index contributed by atoms with van der Waals surface area (Å²) in [5.41, 5.74) is 27.0. The zero-order chi connectivity index (χ0) is 50.7. The van der Waals surface area contributed by atoms with Crippen molar-refractivity contribution in [2.24, 2.45) is 4.58 Å². The standard InChI is InChI=1S/C67H79NOS/c1-39(2)49-24-17-19-26-55(49)47-34-59(64(45(13)14)61(36-47)66-51(41(5)6)28-21-29-52(66)42(7)8)57-32-23-33-58(63(57)38-70-68-69)60-35-48(56-27-20-18-25-50(56)40(3)4)37-62(65(60)46(15)16)67-53(43(9)10)30-22-31-54(67)44(11)12/h17-37,39-46H,38H2,1-16H3. The third-order valence-electron chi connectivity index (χ3n) is 14.6. The van der Waals surface area contributed by atoms with Gasteiger partial charge in [0.1, 0.15) is 0 Å². The summed E-state index contributed by atoms with van der Waals surface area (Å²) in [6.45, 7) is 37.3. The van der Waals surface area contributed by atoms with Gasteiger partial charge < -0.3 is 0 Å². The molecule has 0 spiro atoms. The fourth-order valence-electron chi connectivity index (χ4n) is 11.3. The molecule has 0 fully saturated rings. The third-order valence-corrected chi connectivity index (χ3v) is 15.1. The SMILES string of the molecule is CC(C)c1ccccc1-c1cc(-c2cccc(-c3cc(-c4ccccc4C(C)C)cc(-c4c(C(C)C)cccc4C(C)C)c3C(C)C)c2CSN=O)c(C(C)C)c(-c2c(C(C)C)cccc2C(C)C)c1. The van der Waals surface area contributed by atoms with Crippen molar-refractivity contribution in [1.82, 2.24) is 0 Å². The second-order valence-electron chi connectivity index (χ2n) is 22.2. The maximum atomic E-state index is 12.5. The normalized spacial score (nSPS) is 12.1. The highest BCUT2D eigenvalue weighted by molar-refractivity contribution is 7.97. The number of nitroso groups, excluding NO2 is 1. The molecule has 0 unspecified atom stereocenters. The van der Waals surface area contributed by atoms with Gasteiger partial charge in [-0.3, -0.25) is 0 Å². The Morgan fingerprint density at radius 3 is 0.929 bits per heavy atom. The van der Waals surface area contributed by atoms with Crippen molar-refractivity contribution in [3.05, 3.63) is 182 Å². The Kier molecular flexibility index (Phi) is 16.7. The van der Waals surface area contributed by atoms with E-state index in [1.807, 2.05) is 0 Å². The number of rotatable bonds is 17. The van der Waals surface area contributed by atoms with E-state index in [-0.39, 0.29) is 11.8 Å². The van der Waals surface area contributed by atoms with Crippen LogP contribution in [0.25, 0.3) is 66.8 Å². The van der Waals surface area contributed by atoms with E-state index in [0.717, 1.165) is 28.6 Å². The molecule has 0 atom stereocenters. The molecule has 0 saturated carbocycles. The quantitative estimate of drug-likeness (QED) is 0.0672. The first-order chi connectivity index (χ1) is 33.4. The van der Waals surface area contributed by atoms with Gasteiger partial charge in [-0.05, 0) is 188 Å². The molecule has 0 aliphatic heterocycles. The average molecular weight is 946 g/mol. The summed E-state index contributed by atoms with van der Waals surface area (Å²) in [6, 6.07) is 48.7. The average Bonchev–Trinajstić information content (AvgIpc) is 3.33. The number of hydrogen-bond acceptors (Lipinski definition) is 3. The zero-order valence-electron chi connectivity index (χ0n) is 45.2. The lowest BCUT2D eigenvalue weighted by Crippen LogP contribution is -2.07. The molecule has 0 aromatic heterocycles. The highest BCUT2D eigenvalue weighted by atomic mass is 32.2. The first kappa shape index (κ1) is 52.3. The molecular formula is C67H79NOS. The molecule has 364 valence electrons. The Hall–Kier alpha value is -5.51. The number of benzene rings is 7. The molecule has 0 aliphatic rings. The van der Waals surface area contributed by atoms with Crippen molar-refractivity contribution in [1.29, 1.82) is 0 Å². The van der Waals surface area contributed by atoms with Crippen molar-refractivity contribution in [2.75, 3.05) is 0 Å². The topological polar surface area (TPSA) is 29.4 Å². The lowest BCUT2D eigenvalue weighted by Gasteiger charge is -2.29. The third kappa shape index (κ3) is 10.4. The van der Waals surface area contributed by atoms with Crippen molar-refractivity contribution in [3.63, 3.8) is 0 Å². The molecule has 0 radical (unpaired) electrons. The summed E-state index contributed by atoms with van der Waals surface area (Å²) in [7, 11) is 0. The van der Waals surface area contributed by atoms with Crippen LogP contribution in [0.3, 0.4) is 0 Å². The Morgan fingerprint density at radius 1 is 0.329 bits per heavy atom. The van der Waals surface area contributed by atoms with Crippen molar-refractivity contribution in [2.45, 2.75) is 164 Å². The Bertz CT molecular complexity index is 2730. The Balaban J connectivity index is 1.71. The van der Waals surface area contributed by atoms with Gasteiger partial charge in [0.25, 0.3) is 0 Å². The molecule has 2 nitrogen and oxygen atoms in total. The van der Waals surface area contributed by atoms with Crippen LogP contribution in [0.4, 0.5) is 0 Å². The molecule has 0 bridgehead atoms. The predicted molar refractivity (Wildman–Crippen MR) is 309 cm³/mol. The fourth-order valence-corrected chi connectivity index (χ4v) is 11.8. The van der Waals surface area contributed by atoms with Gasteiger partial charge in [0.15, 0.2) is 0 Å². The molecule has 0 saturated heterocycles. The van der Waals surface area contributed by atoms with E-state index in [1.54, 1.807) is 0 Å². The fraction of sp³-hybridized carbons (Fsp3) is 0.373. The van der Waals surface area contributed by atoms with Crippen LogP contribution in [0.2, 0.25) is 0 Å². The predicted octanol–water partition coefficient (Wildman–Crippen LogP) is 21.6. The van der Waals surface area contributed by atoms with Gasteiger partial charge in [-0.2, -0.15) is 0 Å². The van der Waals surface area contributed by atoms with Crippen LogP contribution in [0.1, 0.15) is 208 Å². The van der Waals surface area contributed by atoms with Gasteiger partial charge in [0.2, 0.25) is 0 Å². The smallest absolute Gasteiger partial charge is 0.0450 e. The van der Waals surface area contributed by atoms with Gasteiger partial charge in [-0.1, -0.05) is 214 Å². The van der Waals surface area contributed by atoms with Gasteiger partial charge in [0.05, 0.1) is 0 Å². The molecule has 7 aromatic rings. The van der Waals surface area contributed by atoms with E-state index < -0.39 is 0 Å². The van der Waals surface area contributed by atoms with Gasteiger partial charge in [0, 0.05) is 22.3 Å². The molecule has 0 heterocycles. The molecular weight excluding hydrogens is 867 g/mol. The number of nitrogens with zero attached hydrogens (tertiary/aromatic N) is 1. The first-order valence-corrected chi connectivity index (χ1v) is 27.2. The van der Waals surface area contributed by atoms with Crippen LogP contribution in [0, 0.1) is 4.91 Å². The highest BCUT2D eigenvalue weighted by Crippen LogP contribution is 2.51. The van der Waals surface area contributed by atoms with Crippen LogP contribution < -0.4 is 0 Å². The molecule has 0 amide bonds. The lowest BCUT2D eigenvalue weighted by atomic mass is 9.75. The summed E-state index contributed by atoms with van der Waals surface area (Å²) in [5.74, 6) is 2.78. The second-order valence-corrected chi connectivity index (χ2v) is 22.9. The Labute approximate surface area is 427 Å². The summed E-state index contributed by atoms with van der Waals surface area (Å²) in [4.78, 5) is 12.5. The van der Waals surface area contributed by atoms with Gasteiger partial charge in [-0.15, -0.1) is 4.91 Å². The summed E-state index contributed by atoms with van der Waals surface area (Å²) in [5, 5.41) is 0. The van der Waals surface area contributed by atoms with Gasteiger partial charge in [-0.25, -0.2) is 0 Å². The van der Waals surface area contributed by atoms with Crippen molar-refractivity contribution in [3.8, 4) is 66.8 Å². The minimum Gasteiger partial charge on any atom is -0.137 e. The van der Waals surface area contributed by atoms with E-state index in [4.69, 9.17) is 0 Å². The molecule has 3 heteroatoms. The van der Waals surface area contributed by atoms with E-state index in [1.165, 1.54) is 100 Å². The van der Waals surface area contributed by atoms with Crippen LogP contribution in [-0.2, 0) is 5.75 Å². The minimum atomic E-state index is 0.184. The van der Waals surface area contributed by atoms with E-state index in [9.17, 15) is 4.91 Å². The maximum Gasteiger partial charge on any atom is 0.0450 e. The summed E-state index contributed by atoms with van der Waals surface area (Å²) >= 11 is 1.12. The Morgan fingerprint density at radius 2 is 0.614 bits per heavy atom. The molecule has 7 rings (SSSR count). The van der Waals surface area contributed by atoms with Gasteiger partial charge >= 0.3 is 0 Å². The molecule has 7 aromatic carbocycles. The van der Waals surface area contributed by atoms with Crippen molar-refractivity contribution >= 4 is 11.9 Å².